The van der Waals surface area contributed by atoms with Crippen molar-refractivity contribution in [3.63, 3.8) is 0 Å². The van der Waals surface area contributed by atoms with Crippen LogP contribution in [0.3, 0.4) is 0 Å². The number of nitrogens with one attached hydrogen (secondary N) is 2. The number of hydrogen-bond donors (Lipinski definition) is 2. The molecular formula is C22H20N4O2. The first-order valence-corrected chi connectivity index (χ1v) is 9.20. The van der Waals surface area contributed by atoms with Gasteiger partial charge in [-0.3, -0.25) is 9.59 Å². The van der Waals surface area contributed by atoms with Gasteiger partial charge in [0, 0.05) is 17.7 Å². The molecule has 0 fully saturated rings. The van der Waals surface area contributed by atoms with Crippen molar-refractivity contribution in [1.29, 1.82) is 0 Å². The fourth-order valence-electron chi connectivity index (χ4n) is 3.52. The Morgan fingerprint density at radius 1 is 1.14 bits per heavy atom. The Labute approximate surface area is 162 Å². The monoisotopic (exact) mass is 372 g/mol. The highest BCUT2D eigenvalue weighted by Gasteiger charge is 2.26. The summed E-state index contributed by atoms with van der Waals surface area (Å²) in [5.74, 6) is -0.721. The minimum atomic E-state index is -0.336. The molecule has 6 nitrogen and oxygen atoms in total. The number of carbonyl (C=O) groups excluding carboxylic acids is 2. The summed E-state index contributed by atoms with van der Waals surface area (Å²) in [5, 5.41) is 12.5. The van der Waals surface area contributed by atoms with Crippen LogP contribution in [0.2, 0.25) is 0 Å². The lowest BCUT2D eigenvalue weighted by Crippen LogP contribution is -2.25. The molecule has 0 radical (unpaired) electrons. The van der Waals surface area contributed by atoms with Crippen LogP contribution in [-0.4, -0.2) is 23.7 Å². The van der Waals surface area contributed by atoms with Gasteiger partial charge in [0.05, 0.1) is 12.1 Å². The van der Waals surface area contributed by atoms with Crippen LogP contribution in [0.1, 0.15) is 25.3 Å². The first-order chi connectivity index (χ1) is 13.6. The minimum absolute atomic E-state index is 0.156. The molecule has 1 aliphatic heterocycles. The number of benzene rings is 3. The third-order valence-electron chi connectivity index (χ3n) is 5.02. The van der Waals surface area contributed by atoms with Gasteiger partial charge in [-0.1, -0.05) is 48.5 Å². The van der Waals surface area contributed by atoms with E-state index in [0.717, 1.165) is 27.1 Å². The molecule has 0 bridgehead atoms. The molecule has 0 saturated heterocycles. The predicted molar refractivity (Wildman–Crippen MR) is 111 cm³/mol. The van der Waals surface area contributed by atoms with Crippen LogP contribution >= 0.6 is 0 Å². The summed E-state index contributed by atoms with van der Waals surface area (Å²) in [6.45, 7) is 1.78. The number of hydrazone groups is 2. The van der Waals surface area contributed by atoms with Crippen molar-refractivity contribution in [3.8, 4) is 0 Å². The first kappa shape index (κ1) is 17.9. The number of nitrogens with zero attached hydrogens (tertiary/aromatic N) is 2. The Kier molecular flexibility index (Phi) is 4.85. The highest BCUT2D eigenvalue weighted by molar-refractivity contribution is 6.13. The molecule has 2 amide bonds. The third-order valence-corrected chi connectivity index (χ3v) is 5.02. The lowest BCUT2D eigenvalue weighted by atomic mass is 9.97. The summed E-state index contributed by atoms with van der Waals surface area (Å²) in [4.78, 5) is 23.8. The Morgan fingerprint density at radius 2 is 1.79 bits per heavy atom. The van der Waals surface area contributed by atoms with E-state index in [1.54, 1.807) is 13.1 Å². The molecule has 1 heterocycles. The van der Waals surface area contributed by atoms with Gasteiger partial charge in [0.15, 0.2) is 0 Å². The molecule has 28 heavy (non-hydrogen) atoms. The van der Waals surface area contributed by atoms with Crippen LogP contribution in [0.15, 0.2) is 64.8 Å². The molecule has 0 aromatic heterocycles. The van der Waals surface area contributed by atoms with Crippen molar-refractivity contribution in [2.75, 3.05) is 0 Å². The second kappa shape index (κ2) is 7.60. The number of carbonyl (C=O) groups is 2. The van der Waals surface area contributed by atoms with Crippen molar-refractivity contribution in [2.45, 2.75) is 19.8 Å². The molecule has 2 N–H and O–H groups in total. The van der Waals surface area contributed by atoms with Crippen molar-refractivity contribution in [3.05, 3.63) is 60.2 Å². The van der Waals surface area contributed by atoms with Gasteiger partial charge in [0.25, 0.3) is 0 Å². The van der Waals surface area contributed by atoms with Crippen molar-refractivity contribution < 1.29 is 9.59 Å². The fraction of sp³-hybridized carbons (Fsp3) is 0.182. The van der Waals surface area contributed by atoms with E-state index in [-0.39, 0.29) is 24.2 Å². The number of fused-ring (bicyclic) bond motifs is 2. The van der Waals surface area contributed by atoms with Crippen LogP contribution in [0.4, 0.5) is 0 Å². The van der Waals surface area contributed by atoms with E-state index < -0.39 is 0 Å². The summed E-state index contributed by atoms with van der Waals surface area (Å²) >= 11 is 0. The maximum atomic E-state index is 12.1. The summed E-state index contributed by atoms with van der Waals surface area (Å²) in [5.41, 5.74) is 6.68. The maximum absolute atomic E-state index is 12.1. The second-order valence-electron chi connectivity index (χ2n) is 6.85. The van der Waals surface area contributed by atoms with Gasteiger partial charge in [-0.25, -0.2) is 10.9 Å². The van der Waals surface area contributed by atoms with Crippen molar-refractivity contribution >= 4 is 45.3 Å². The molecule has 0 aliphatic carbocycles. The SMILES string of the molecule is CC1=NNC(=O)[C@@H]1CCC(=O)N/N=C\c1c2ccccc2cc2ccccc12. The zero-order chi connectivity index (χ0) is 19.5. The highest BCUT2D eigenvalue weighted by atomic mass is 16.2. The van der Waals surface area contributed by atoms with Gasteiger partial charge in [0.2, 0.25) is 11.8 Å². The second-order valence-corrected chi connectivity index (χ2v) is 6.85. The van der Waals surface area contributed by atoms with E-state index in [1.165, 1.54) is 0 Å². The number of amides is 2. The van der Waals surface area contributed by atoms with Crippen LogP contribution in [0.25, 0.3) is 21.5 Å². The van der Waals surface area contributed by atoms with E-state index in [1.807, 2.05) is 36.4 Å². The van der Waals surface area contributed by atoms with Crippen LogP contribution in [-0.2, 0) is 9.59 Å². The fourth-order valence-corrected chi connectivity index (χ4v) is 3.52. The Morgan fingerprint density at radius 3 is 2.39 bits per heavy atom. The van der Waals surface area contributed by atoms with Crippen molar-refractivity contribution in [2.24, 2.45) is 16.1 Å². The molecule has 3 aromatic rings. The minimum Gasteiger partial charge on any atom is -0.273 e. The highest BCUT2D eigenvalue weighted by Crippen LogP contribution is 2.27. The smallest absolute Gasteiger partial charge is 0.248 e. The van der Waals surface area contributed by atoms with Gasteiger partial charge in [-0.2, -0.15) is 10.2 Å². The van der Waals surface area contributed by atoms with E-state index >= 15 is 0 Å². The standard InChI is InChI=1S/C22H20N4O2/c1-14-17(22(28)26-24-14)10-11-21(27)25-23-13-20-18-8-4-2-6-15(18)12-16-7-3-5-9-19(16)20/h2-9,12-13,17H,10-11H2,1H3,(H,25,27)(H,26,28)/b23-13-/t17-/m1/s1. The van der Waals surface area contributed by atoms with Gasteiger partial charge < -0.3 is 0 Å². The normalized spacial score (nSPS) is 16.5. The molecule has 6 heteroatoms. The molecule has 140 valence electrons. The summed E-state index contributed by atoms with van der Waals surface area (Å²) in [6, 6.07) is 18.4. The third kappa shape index (κ3) is 3.49. The topological polar surface area (TPSA) is 82.9 Å². The van der Waals surface area contributed by atoms with Gasteiger partial charge >= 0.3 is 0 Å². The van der Waals surface area contributed by atoms with E-state index in [4.69, 9.17) is 0 Å². The van der Waals surface area contributed by atoms with E-state index in [9.17, 15) is 9.59 Å². The molecule has 1 aliphatic rings. The first-order valence-electron chi connectivity index (χ1n) is 9.20. The average Bonchev–Trinajstić information content (AvgIpc) is 3.03. The zero-order valence-corrected chi connectivity index (χ0v) is 15.5. The lowest BCUT2D eigenvalue weighted by molar-refractivity contribution is -0.123. The van der Waals surface area contributed by atoms with E-state index in [2.05, 4.69) is 39.3 Å². The maximum Gasteiger partial charge on any atom is 0.248 e. The van der Waals surface area contributed by atoms with Crippen LogP contribution in [0, 0.1) is 5.92 Å². The largest absolute Gasteiger partial charge is 0.273 e. The predicted octanol–water partition coefficient (Wildman–Crippen LogP) is 3.35. The molecule has 1 atom stereocenters. The molecule has 0 saturated carbocycles. The molecular weight excluding hydrogens is 352 g/mol. The van der Waals surface area contributed by atoms with Gasteiger partial charge in [-0.05, 0) is 41.0 Å². The van der Waals surface area contributed by atoms with Crippen molar-refractivity contribution in [1.82, 2.24) is 10.9 Å². The summed E-state index contributed by atoms with van der Waals surface area (Å²) < 4.78 is 0. The van der Waals surface area contributed by atoms with Gasteiger partial charge in [-0.15, -0.1) is 0 Å². The summed E-state index contributed by atoms with van der Waals surface area (Å²) in [7, 11) is 0. The number of rotatable bonds is 5. The molecule has 3 aromatic carbocycles. The van der Waals surface area contributed by atoms with E-state index in [0.29, 0.717) is 12.1 Å². The van der Waals surface area contributed by atoms with Gasteiger partial charge in [0.1, 0.15) is 0 Å². The average molecular weight is 372 g/mol. The Bertz CT molecular complexity index is 1080. The molecule has 4 rings (SSSR count). The Hall–Kier alpha value is -3.54. The lowest BCUT2D eigenvalue weighted by Gasteiger charge is -2.08. The quantitative estimate of drug-likeness (QED) is 0.409. The molecule has 0 spiro atoms. The van der Waals surface area contributed by atoms with Crippen LogP contribution < -0.4 is 10.9 Å². The molecule has 0 unspecified atom stereocenters. The number of hydrogen-bond acceptors (Lipinski definition) is 4. The van der Waals surface area contributed by atoms with Crippen LogP contribution in [0.5, 0.6) is 0 Å². The Balaban J connectivity index is 1.51. The summed E-state index contributed by atoms with van der Waals surface area (Å²) in [6.07, 6.45) is 2.32. The zero-order valence-electron chi connectivity index (χ0n) is 15.5.